The minimum absolute atomic E-state index is 0.0878. The van der Waals surface area contributed by atoms with Crippen molar-refractivity contribution >= 4 is 40.2 Å². The largest absolute Gasteiger partial charge is 0.385 e. The molecule has 0 spiro atoms. The molecule has 0 radical (unpaired) electrons. The Labute approximate surface area is 185 Å². The molecule has 4 atom stereocenters. The number of allylic oxidation sites excluding steroid dienone is 1. The summed E-state index contributed by atoms with van der Waals surface area (Å²) in [4.78, 5) is 44.6. The van der Waals surface area contributed by atoms with Gasteiger partial charge in [0.05, 0.1) is 22.8 Å². The Hall–Kier alpha value is -2.77. The third kappa shape index (κ3) is 2.98. The van der Waals surface area contributed by atoms with Crippen molar-refractivity contribution in [3.8, 4) is 0 Å². The van der Waals surface area contributed by atoms with Gasteiger partial charge in [0.15, 0.2) is 5.78 Å². The monoisotopic (exact) mass is 436 g/mol. The zero-order chi connectivity index (χ0) is 21.7. The lowest BCUT2D eigenvalue weighted by Crippen LogP contribution is -2.49. The molecule has 2 fully saturated rings. The Balaban J connectivity index is 1.61. The van der Waals surface area contributed by atoms with E-state index in [2.05, 4.69) is 6.08 Å². The normalized spacial score (nSPS) is 26.6. The quantitative estimate of drug-likeness (QED) is 0.395. The summed E-state index contributed by atoms with van der Waals surface area (Å²) in [6, 6.07) is 10.6. The number of ether oxygens (including phenoxy) is 1. The molecule has 6 nitrogen and oxygen atoms in total. The van der Waals surface area contributed by atoms with E-state index in [4.69, 9.17) is 4.74 Å². The highest BCUT2D eigenvalue weighted by molar-refractivity contribution is 7.12. The van der Waals surface area contributed by atoms with Gasteiger partial charge in [-0.05, 0) is 36.4 Å². The third-order valence-electron chi connectivity index (χ3n) is 6.61. The van der Waals surface area contributed by atoms with Crippen molar-refractivity contribution in [1.82, 2.24) is 4.90 Å². The predicted octanol–water partition coefficient (Wildman–Crippen LogP) is 3.24. The number of hydrogen-bond acceptors (Lipinski definition) is 6. The minimum Gasteiger partial charge on any atom is -0.385 e. The summed E-state index contributed by atoms with van der Waals surface area (Å²) >= 11 is 1.37. The number of ketones is 1. The first-order chi connectivity index (χ1) is 15.0. The average molecular weight is 437 g/mol. The van der Waals surface area contributed by atoms with Gasteiger partial charge in [0, 0.05) is 31.5 Å². The topological polar surface area (TPSA) is 66.9 Å². The fourth-order valence-corrected chi connectivity index (χ4v) is 6.01. The molecule has 31 heavy (non-hydrogen) atoms. The highest BCUT2D eigenvalue weighted by Gasteiger charge is 2.64. The summed E-state index contributed by atoms with van der Waals surface area (Å²) in [5.41, 5.74) is 3.03. The van der Waals surface area contributed by atoms with Gasteiger partial charge in [0.2, 0.25) is 11.8 Å². The molecule has 160 valence electrons. The number of carbonyl (C=O) groups is 3. The van der Waals surface area contributed by atoms with E-state index in [9.17, 15) is 14.4 Å². The van der Waals surface area contributed by atoms with E-state index in [1.165, 1.54) is 16.2 Å². The van der Waals surface area contributed by atoms with E-state index in [-0.39, 0.29) is 23.6 Å². The lowest BCUT2D eigenvalue weighted by Gasteiger charge is -2.37. The fourth-order valence-electron chi connectivity index (χ4n) is 5.31. The smallest absolute Gasteiger partial charge is 0.235 e. The number of fused-ring (bicyclic) bond motifs is 5. The Morgan fingerprint density at radius 2 is 1.87 bits per heavy atom. The maximum atomic E-state index is 13.7. The second kappa shape index (κ2) is 7.73. The number of thiophene rings is 1. The van der Waals surface area contributed by atoms with E-state index >= 15 is 0 Å². The second-order valence-corrected chi connectivity index (χ2v) is 9.22. The summed E-state index contributed by atoms with van der Waals surface area (Å²) in [5.74, 6) is -1.72. The molecule has 0 saturated carbocycles. The van der Waals surface area contributed by atoms with Gasteiger partial charge < -0.3 is 9.64 Å². The van der Waals surface area contributed by atoms with Crippen LogP contribution in [0.3, 0.4) is 0 Å². The van der Waals surface area contributed by atoms with Crippen LogP contribution in [0.4, 0.5) is 5.69 Å². The lowest BCUT2D eigenvalue weighted by atomic mass is 9.86. The lowest BCUT2D eigenvalue weighted by molar-refractivity contribution is -0.140. The fraction of sp³-hybridized carbons (Fsp3) is 0.375. The average Bonchev–Trinajstić information content (AvgIpc) is 3.47. The van der Waals surface area contributed by atoms with Crippen LogP contribution in [0, 0.1) is 11.8 Å². The van der Waals surface area contributed by atoms with Gasteiger partial charge >= 0.3 is 0 Å². The Morgan fingerprint density at radius 3 is 2.61 bits per heavy atom. The summed E-state index contributed by atoms with van der Waals surface area (Å²) in [6.07, 6.45) is 2.65. The van der Waals surface area contributed by atoms with Gasteiger partial charge in [-0.1, -0.05) is 30.3 Å². The van der Waals surface area contributed by atoms with Gasteiger partial charge in [-0.15, -0.1) is 11.3 Å². The van der Waals surface area contributed by atoms with Crippen LogP contribution < -0.4 is 4.90 Å². The van der Waals surface area contributed by atoms with E-state index in [0.29, 0.717) is 24.4 Å². The van der Waals surface area contributed by atoms with Crippen molar-refractivity contribution in [1.29, 1.82) is 0 Å². The van der Waals surface area contributed by atoms with Crippen molar-refractivity contribution in [2.45, 2.75) is 25.4 Å². The van der Waals surface area contributed by atoms with Crippen LogP contribution >= 0.6 is 11.3 Å². The molecular formula is C24H24N2O4S. The Morgan fingerprint density at radius 1 is 1.10 bits per heavy atom. The molecule has 0 bridgehead atoms. The van der Waals surface area contributed by atoms with Crippen molar-refractivity contribution in [3.63, 3.8) is 0 Å². The van der Waals surface area contributed by atoms with E-state index in [1.807, 2.05) is 47.5 Å². The van der Waals surface area contributed by atoms with Crippen LogP contribution in [-0.2, 0) is 14.3 Å². The van der Waals surface area contributed by atoms with Crippen molar-refractivity contribution < 1.29 is 19.1 Å². The number of imide groups is 1. The zero-order valence-electron chi connectivity index (χ0n) is 17.5. The SMILES string of the molecule is COCCCN1C(=O)[C@@H]2[C@H](C1=O)[C@H](C(=O)c1cccs1)N1c3ccccc3C(C)=C[C@H]21. The first-order valence-electron chi connectivity index (χ1n) is 10.5. The Kier molecular flexibility index (Phi) is 5.02. The minimum atomic E-state index is -0.692. The van der Waals surface area contributed by atoms with Crippen molar-refractivity contribution in [3.05, 3.63) is 58.3 Å². The van der Waals surface area contributed by atoms with Gasteiger partial charge in [0.1, 0.15) is 6.04 Å². The molecule has 3 aliphatic heterocycles. The molecule has 0 aliphatic carbocycles. The second-order valence-electron chi connectivity index (χ2n) is 8.28. The molecule has 1 aromatic carbocycles. The van der Waals surface area contributed by atoms with Crippen LogP contribution in [0.1, 0.15) is 28.6 Å². The number of hydrogen-bond donors (Lipinski definition) is 0. The number of methoxy groups -OCH3 is 1. The number of likely N-dealkylation sites (tertiary alicyclic amines) is 1. The number of carbonyl (C=O) groups excluding carboxylic acids is 3. The van der Waals surface area contributed by atoms with Crippen molar-refractivity contribution in [2.75, 3.05) is 25.2 Å². The number of amides is 2. The first kappa shape index (κ1) is 20.2. The molecular weight excluding hydrogens is 412 g/mol. The van der Waals surface area contributed by atoms with E-state index < -0.39 is 17.9 Å². The molecule has 1 aromatic heterocycles. The van der Waals surface area contributed by atoms with Gasteiger partial charge in [0.25, 0.3) is 0 Å². The van der Waals surface area contributed by atoms with E-state index in [1.54, 1.807) is 13.2 Å². The number of rotatable bonds is 6. The number of Topliss-reactive ketones (excluding diaryl/α,β-unsaturated/α-hetero) is 1. The van der Waals surface area contributed by atoms with Crippen LogP contribution in [0.5, 0.6) is 0 Å². The molecule has 0 unspecified atom stereocenters. The molecule has 2 aromatic rings. The predicted molar refractivity (Wildman–Crippen MR) is 119 cm³/mol. The van der Waals surface area contributed by atoms with Gasteiger partial charge in [-0.3, -0.25) is 19.3 Å². The highest BCUT2D eigenvalue weighted by Crippen LogP contribution is 2.50. The zero-order valence-corrected chi connectivity index (χ0v) is 18.3. The first-order valence-corrected chi connectivity index (χ1v) is 11.4. The van der Waals surface area contributed by atoms with Crippen LogP contribution in [0.2, 0.25) is 0 Å². The van der Waals surface area contributed by atoms with Crippen LogP contribution in [-0.4, -0.2) is 54.8 Å². The number of anilines is 1. The molecule has 3 aliphatic rings. The summed E-state index contributed by atoms with van der Waals surface area (Å²) < 4.78 is 5.09. The number of para-hydroxylation sites is 1. The van der Waals surface area contributed by atoms with E-state index in [0.717, 1.165) is 16.8 Å². The molecule has 4 heterocycles. The Bertz CT molecular complexity index is 1080. The maximum Gasteiger partial charge on any atom is 0.235 e. The van der Waals surface area contributed by atoms with Gasteiger partial charge in [-0.2, -0.15) is 0 Å². The van der Waals surface area contributed by atoms with Gasteiger partial charge in [-0.25, -0.2) is 0 Å². The van der Waals surface area contributed by atoms with Crippen LogP contribution in [0.25, 0.3) is 5.57 Å². The number of benzene rings is 1. The molecule has 7 heteroatoms. The summed E-state index contributed by atoms with van der Waals surface area (Å²) in [6.45, 7) is 2.83. The molecule has 0 N–H and O–H groups in total. The summed E-state index contributed by atoms with van der Waals surface area (Å²) in [5, 5.41) is 1.87. The van der Waals surface area contributed by atoms with Crippen LogP contribution in [0.15, 0.2) is 47.9 Å². The standard InChI is InChI=1S/C24H24N2O4S/c1-14-13-17-19-20(24(29)25(23(19)28)10-6-11-30-2)21(22(27)18-9-5-12-31-18)26(17)16-8-4-3-7-15(14)16/h3-5,7-9,12-13,17,19-21H,6,10-11H2,1-2H3/t17-,19+,20+,21-/m1/s1. The third-order valence-corrected chi connectivity index (χ3v) is 7.49. The summed E-state index contributed by atoms with van der Waals surface area (Å²) in [7, 11) is 1.60. The van der Waals surface area contributed by atoms with Crippen molar-refractivity contribution in [2.24, 2.45) is 11.8 Å². The maximum absolute atomic E-state index is 13.7. The highest BCUT2D eigenvalue weighted by atomic mass is 32.1. The molecule has 2 amide bonds. The molecule has 2 saturated heterocycles. The number of nitrogens with zero attached hydrogens (tertiary/aromatic N) is 2. The molecule has 5 rings (SSSR count).